The Kier molecular flexibility index (Phi) is 5.63. The fourth-order valence-corrected chi connectivity index (χ4v) is 3.05. The van der Waals surface area contributed by atoms with Gasteiger partial charge in [-0.25, -0.2) is 0 Å². The molecule has 5 nitrogen and oxygen atoms in total. The third kappa shape index (κ3) is 3.97. The van der Waals surface area contributed by atoms with E-state index in [4.69, 9.17) is 14.2 Å². The van der Waals surface area contributed by atoms with Gasteiger partial charge in [0.25, 0.3) is 0 Å². The van der Waals surface area contributed by atoms with Crippen molar-refractivity contribution in [2.24, 2.45) is 11.8 Å². The molecule has 0 amide bonds. The first-order valence-electron chi connectivity index (χ1n) is 5.97. The van der Waals surface area contributed by atoms with E-state index in [9.17, 15) is 9.59 Å². The Morgan fingerprint density at radius 1 is 1.17 bits per heavy atom. The molecule has 1 heterocycles. The molecule has 1 saturated heterocycles. The van der Waals surface area contributed by atoms with Crippen molar-refractivity contribution in [1.29, 1.82) is 0 Å². The van der Waals surface area contributed by atoms with Gasteiger partial charge in [0.1, 0.15) is 0 Å². The second kappa shape index (κ2) is 6.55. The Labute approximate surface area is 115 Å². The third-order valence-electron chi connectivity index (χ3n) is 3.28. The van der Waals surface area contributed by atoms with Crippen molar-refractivity contribution >= 4 is 28.0 Å². The standard InChI is InChI=1S/C12H20O5Se/c1-6-7(2)11(16-9(4)14)12(18)17-10(6)5-15-8(3)13/h6-7,10-12,18H,5H2,1-4H3/t6-,7-,10?,11?,12-/m0/s1. The van der Waals surface area contributed by atoms with Crippen LogP contribution < -0.4 is 0 Å². The first kappa shape index (κ1) is 15.5. The molecule has 0 aliphatic carbocycles. The van der Waals surface area contributed by atoms with Crippen molar-refractivity contribution in [3.05, 3.63) is 0 Å². The van der Waals surface area contributed by atoms with Crippen LogP contribution in [0.2, 0.25) is 0 Å². The van der Waals surface area contributed by atoms with Crippen molar-refractivity contribution in [2.75, 3.05) is 6.61 Å². The van der Waals surface area contributed by atoms with Crippen LogP contribution >= 0.6 is 0 Å². The van der Waals surface area contributed by atoms with Crippen LogP contribution in [-0.4, -0.2) is 51.8 Å². The van der Waals surface area contributed by atoms with Gasteiger partial charge in [-0.05, 0) is 0 Å². The maximum absolute atomic E-state index is 11.1. The number of carbonyl (C=O) groups is 2. The molecule has 0 radical (unpaired) electrons. The molecule has 0 bridgehead atoms. The molecule has 104 valence electrons. The second-order valence-electron chi connectivity index (χ2n) is 4.66. The first-order chi connectivity index (χ1) is 8.32. The summed E-state index contributed by atoms with van der Waals surface area (Å²) in [6, 6.07) is 0. The topological polar surface area (TPSA) is 61.8 Å². The van der Waals surface area contributed by atoms with E-state index in [1.807, 2.05) is 13.8 Å². The zero-order valence-electron chi connectivity index (χ0n) is 11.1. The van der Waals surface area contributed by atoms with Crippen molar-refractivity contribution in [3.8, 4) is 0 Å². The Bertz CT molecular complexity index is 318. The van der Waals surface area contributed by atoms with E-state index >= 15 is 0 Å². The van der Waals surface area contributed by atoms with Crippen LogP contribution in [0.15, 0.2) is 0 Å². The molecule has 0 aromatic heterocycles. The molecule has 0 N–H and O–H groups in total. The van der Waals surface area contributed by atoms with Crippen LogP contribution in [-0.2, 0) is 23.8 Å². The van der Waals surface area contributed by atoms with E-state index in [1.165, 1.54) is 13.8 Å². The van der Waals surface area contributed by atoms with E-state index in [0.717, 1.165) is 0 Å². The minimum absolute atomic E-state index is 0.147. The molecule has 1 fully saturated rings. The van der Waals surface area contributed by atoms with Gasteiger partial charge in [0.05, 0.1) is 0 Å². The van der Waals surface area contributed by atoms with Gasteiger partial charge < -0.3 is 0 Å². The molecule has 2 unspecified atom stereocenters. The van der Waals surface area contributed by atoms with Gasteiger partial charge in [0.2, 0.25) is 0 Å². The molecular formula is C12H20O5Se. The van der Waals surface area contributed by atoms with E-state index in [0.29, 0.717) is 0 Å². The number of hydrogen-bond acceptors (Lipinski definition) is 5. The third-order valence-corrected chi connectivity index (χ3v) is 4.15. The normalized spacial score (nSPS) is 35.9. The number of carbonyl (C=O) groups excluding carboxylic acids is 2. The number of hydrogen-bond donors (Lipinski definition) is 0. The maximum atomic E-state index is 11.1. The van der Waals surface area contributed by atoms with Crippen molar-refractivity contribution in [1.82, 2.24) is 0 Å². The number of esters is 2. The second-order valence-corrected chi connectivity index (χ2v) is 5.73. The molecule has 0 saturated carbocycles. The Morgan fingerprint density at radius 2 is 1.78 bits per heavy atom. The number of ether oxygens (including phenoxy) is 3. The summed E-state index contributed by atoms with van der Waals surface area (Å²) in [4.78, 5) is 21.9. The number of rotatable bonds is 3. The van der Waals surface area contributed by atoms with Gasteiger partial charge in [0.15, 0.2) is 0 Å². The molecule has 6 heteroatoms. The molecule has 1 aliphatic rings. The summed E-state index contributed by atoms with van der Waals surface area (Å²) >= 11 is 2.37. The molecule has 0 aromatic carbocycles. The van der Waals surface area contributed by atoms with Crippen LogP contribution in [0, 0.1) is 11.8 Å². The van der Waals surface area contributed by atoms with E-state index in [-0.39, 0.29) is 47.6 Å². The summed E-state index contributed by atoms with van der Waals surface area (Å²) in [6.07, 6.45) is -0.435. The molecule has 18 heavy (non-hydrogen) atoms. The van der Waals surface area contributed by atoms with Gasteiger partial charge in [-0.3, -0.25) is 0 Å². The molecule has 1 rings (SSSR count). The average molecular weight is 323 g/mol. The van der Waals surface area contributed by atoms with E-state index in [2.05, 4.69) is 16.0 Å². The summed E-state index contributed by atoms with van der Waals surface area (Å²) in [5, 5.41) is -0.256. The fraction of sp³-hybridized carbons (Fsp3) is 0.833. The van der Waals surface area contributed by atoms with Crippen molar-refractivity contribution < 1.29 is 23.8 Å². The fourth-order valence-electron chi connectivity index (χ4n) is 2.03. The average Bonchev–Trinajstić information content (AvgIpc) is 2.27. The van der Waals surface area contributed by atoms with Gasteiger partial charge >= 0.3 is 115 Å². The zero-order valence-corrected chi connectivity index (χ0v) is 13.0. The summed E-state index contributed by atoms with van der Waals surface area (Å²) in [5.41, 5.74) is 0. The SMILES string of the molecule is CC(=O)OCC1O[C@@H]([SeH])C(OC(C)=O)[C@@H](C)[C@@H]1C. The van der Waals surface area contributed by atoms with Crippen LogP contribution in [0.3, 0.4) is 0 Å². The van der Waals surface area contributed by atoms with Gasteiger partial charge in [-0.15, -0.1) is 0 Å². The van der Waals surface area contributed by atoms with Gasteiger partial charge in [-0.1, -0.05) is 0 Å². The van der Waals surface area contributed by atoms with Crippen LogP contribution in [0.5, 0.6) is 0 Å². The minimum atomic E-state index is -0.317. The zero-order chi connectivity index (χ0) is 13.9. The first-order valence-corrected chi connectivity index (χ1v) is 7.05. The van der Waals surface area contributed by atoms with Crippen molar-refractivity contribution in [3.63, 3.8) is 0 Å². The summed E-state index contributed by atoms with van der Waals surface area (Å²) in [7, 11) is 0. The molecule has 1 aliphatic heterocycles. The van der Waals surface area contributed by atoms with Crippen LogP contribution in [0.4, 0.5) is 0 Å². The van der Waals surface area contributed by atoms with Crippen LogP contribution in [0.1, 0.15) is 27.7 Å². The van der Waals surface area contributed by atoms with Crippen LogP contribution in [0.25, 0.3) is 0 Å². The Morgan fingerprint density at radius 3 is 2.28 bits per heavy atom. The Balaban J connectivity index is 2.64. The van der Waals surface area contributed by atoms with E-state index < -0.39 is 0 Å². The monoisotopic (exact) mass is 324 g/mol. The molecule has 0 spiro atoms. The summed E-state index contributed by atoms with van der Waals surface area (Å²) < 4.78 is 16.0. The molecule has 0 aromatic rings. The predicted molar refractivity (Wildman–Crippen MR) is 66.3 cm³/mol. The Hall–Kier alpha value is -0.581. The quantitative estimate of drug-likeness (QED) is 0.555. The summed E-state index contributed by atoms with van der Waals surface area (Å²) in [6.45, 7) is 7.03. The predicted octanol–water partition coefficient (Wildman–Crippen LogP) is 0.379. The summed E-state index contributed by atoms with van der Waals surface area (Å²) in [5.74, 6) is -0.328. The van der Waals surface area contributed by atoms with Gasteiger partial charge in [-0.2, -0.15) is 0 Å². The van der Waals surface area contributed by atoms with Crippen molar-refractivity contribution in [2.45, 2.75) is 44.9 Å². The van der Waals surface area contributed by atoms with Gasteiger partial charge in [0, 0.05) is 0 Å². The van der Waals surface area contributed by atoms with E-state index in [1.54, 1.807) is 0 Å². The molecule has 5 atom stereocenters. The molecular weight excluding hydrogens is 303 g/mol.